The van der Waals surface area contributed by atoms with Gasteiger partial charge in [-0.15, -0.1) is 13.2 Å². The Hall–Kier alpha value is -0.303. The summed E-state index contributed by atoms with van der Waals surface area (Å²) in [6, 6.07) is 1.04. The van der Waals surface area contributed by atoms with Crippen LogP contribution < -0.4 is 0 Å². The molecule has 0 rings (SSSR count). The van der Waals surface area contributed by atoms with Crippen molar-refractivity contribution in [3.8, 4) is 0 Å². The van der Waals surface area contributed by atoms with Crippen LogP contribution in [0.15, 0.2) is 25.3 Å². The van der Waals surface area contributed by atoms with E-state index in [-0.39, 0.29) is 0 Å². The first-order valence-corrected chi connectivity index (χ1v) is 3.92. The molecule has 0 aliphatic rings. The molecule has 3 radical (unpaired) electrons. The molecule has 0 aliphatic heterocycles. The van der Waals surface area contributed by atoms with Crippen molar-refractivity contribution in [3.05, 3.63) is 25.3 Å². The van der Waals surface area contributed by atoms with Crippen LogP contribution in [0.1, 0.15) is 12.8 Å². The van der Waals surface area contributed by atoms with Crippen LogP contribution in [0.4, 0.5) is 0 Å². The molecule has 0 fully saturated rings. The third-order valence-electron chi connectivity index (χ3n) is 1.29. The lowest BCUT2D eigenvalue weighted by atomic mass is 10.0. The topological polar surface area (TPSA) is 0 Å². The van der Waals surface area contributed by atoms with E-state index >= 15 is 0 Å². The van der Waals surface area contributed by atoms with Crippen molar-refractivity contribution in [1.29, 1.82) is 0 Å². The van der Waals surface area contributed by atoms with Crippen LogP contribution in [0, 0.1) is 5.92 Å². The lowest BCUT2D eigenvalue weighted by Crippen LogP contribution is -1.94. The molecule has 49 valence electrons. The summed E-state index contributed by atoms with van der Waals surface area (Å²) in [5.74, 6) is 0.691. The first kappa shape index (κ1) is 8.70. The highest BCUT2D eigenvalue weighted by atomic mass is 28.1. The molecule has 0 aliphatic carbocycles. The van der Waals surface area contributed by atoms with Crippen molar-refractivity contribution in [2.24, 2.45) is 5.92 Å². The predicted octanol–water partition coefficient (Wildman–Crippen LogP) is 2.34. The van der Waals surface area contributed by atoms with E-state index in [2.05, 4.69) is 23.4 Å². The average Bonchev–Trinajstić information content (AvgIpc) is 1.88. The monoisotopic (exact) mass is 137 g/mol. The summed E-state index contributed by atoms with van der Waals surface area (Å²) in [7, 11) is 3.47. The summed E-state index contributed by atoms with van der Waals surface area (Å²) >= 11 is 0. The van der Waals surface area contributed by atoms with E-state index in [1.165, 1.54) is 0 Å². The highest BCUT2D eigenvalue weighted by molar-refractivity contribution is 6.08. The van der Waals surface area contributed by atoms with Crippen LogP contribution in [-0.4, -0.2) is 10.2 Å². The molecule has 1 heteroatoms. The Bertz CT molecular complexity index is 76.6. The number of hydrogen-bond acceptors (Lipinski definition) is 0. The Kier molecular flexibility index (Phi) is 5.63. The van der Waals surface area contributed by atoms with Gasteiger partial charge in [0.25, 0.3) is 0 Å². The summed E-state index contributed by atoms with van der Waals surface area (Å²) < 4.78 is 0. The summed E-state index contributed by atoms with van der Waals surface area (Å²) in [4.78, 5) is 0. The highest BCUT2D eigenvalue weighted by Crippen LogP contribution is 2.12. The van der Waals surface area contributed by atoms with E-state index in [1.807, 2.05) is 12.2 Å². The molecule has 0 bridgehead atoms. The van der Waals surface area contributed by atoms with E-state index in [4.69, 9.17) is 0 Å². The van der Waals surface area contributed by atoms with Gasteiger partial charge in [-0.25, -0.2) is 0 Å². The molecule has 0 nitrogen and oxygen atoms in total. The van der Waals surface area contributed by atoms with Crippen LogP contribution >= 0.6 is 0 Å². The lowest BCUT2D eigenvalue weighted by molar-refractivity contribution is 0.604. The second-order valence-corrected chi connectivity index (χ2v) is 2.53. The Balaban J connectivity index is 3.39. The molecule has 0 amide bonds. The Morgan fingerprint density at radius 2 is 1.67 bits per heavy atom. The fourth-order valence-corrected chi connectivity index (χ4v) is 1.07. The van der Waals surface area contributed by atoms with E-state index in [1.54, 1.807) is 0 Å². The Morgan fingerprint density at radius 1 is 1.22 bits per heavy atom. The van der Waals surface area contributed by atoms with Gasteiger partial charge in [0.1, 0.15) is 0 Å². The molecule has 0 aromatic rings. The van der Waals surface area contributed by atoms with Gasteiger partial charge in [0, 0.05) is 10.2 Å². The standard InChI is InChI=1S/C8H13Si/c1-3-5-8(7-9)6-4-2/h3-4,8H,1-2,5-7H2. The fourth-order valence-electron chi connectivity index (χ4n) is 0.734. The number of hydrogen-bond donors (Lipinski definition) is 0. The van der Waals surface area contributed by atoms with E-state index in [0.29, 0.717) is 5.92 Å². The summed E-state index contributed by atoms with van der Waals surface area (Å²) in [5.41, 5.74) is 0. The van der Waals surface area contributed by atoms with Gasteiger partial charge in [0.2, 0.25) is 0 Å². The van der Waals surface area contributed by atoms with Crippen LogP contribution in [-0.2, 0) is 0 Å². The molecule has 0 unspecified atom stereocenters. The van der Waals surface area contributed by atoms with Crippen molar-refractivity contribution < 1.29 is 0 Å². The minimum absolute atomic E-state index is 0.691. The average molecular weight is 137 g/mol. The third kappa shape index (κ3) is 4.22. The molecule has 9 heavy (non-hydrogen) atoms. The normalized spacial score (nSPS) is 9.56. The van der Waals surface area contributed by atoms with Gasteiger partial charge in [0.05, 0.1) is 0 Å². The molecule has 0 N–H and O–H groups in total. The first-order chi connectivity index (χ1) is 4.35. The zero-order valence-electron chi connectivity index (χ0n) is 5.77. The molecule has 0 aromatic carbocycles. The van der Waals surface area contributed by atoms with Crippen LogP contribution in [0.5, 0.6) is 0 Å². The maximum Gasteiger partial charge on any atom is 0.0225 e. The van der Waals surface area contributed by atoms with Crippen LogP contribution in [0.25, 0.3) is 0 Å². The molecule has 0 saturated carbocycles. The molecular formula is C8H13Si. The predicted molar refractivity (Wildman–Crippen MR) is 43.7 cm³/mol. The first-order valence-electron chi connectivity index (χ1n) is 3.21. The van der Waals surface area contributed by atoms with E-state index in [0.717, 1.165) is 18.9 Å². The third-order valence-corrected chi connectivity index (χ3v) is 1.87. The molecule has 0 aromatic heterocycles. The maximum atomic E-state index is 3.67. The number of allylic oxidation sites excluding steroid dienone is 2. The van der Waals surface area contributed by atoms with Crippen molar-refractivity contribution >= 4 is 10.2 Å². The smallest absolute Gasteiger partial charge is 0.0225 e. The summed E-state index contributed by atoms with van der Waals surface area (Å²) in [6.07, 6.45) is 6.06. The molecule has 0 spiro atoms. The van der Waals surface area contributed by atoms with Crippen molar-refractivity contribution in [3.63, 3.8) is 0 Å². The van der Waals surface area contributed by atoms with E-state index in [9.17, 15) is 0 Å². The SMILES string of the molecule is C=CCC(C[Si])CC=C. The second-order valence-electron chi connectivity index (χ2n) is 2.12. The van der Waals surface area contributed by atoms with Gasteiger partial charge in [-0.1, -0.05) is 18.2 Å². The fraction of sp³-hybridized carbons (Fsp3) is 0.500. The van der Waals surface area contributed by atoms with E-state index < -0.39 is 0 Å². The summed E-state index contributed by atoms with van der Waals surface area (Å²) in [5, 5.41) is 0. The maximum absolute atomic E-state index is 3.67. The minimum Gasteiger partial charge on any atom is -0.103 e. The van der Waals surface area contributed by atoms with Gasteiger partial charge in [-0.3, -0.25) is 0 Å². The van der Waals surface area contributed by atoms with Gasteiger partial charge < -0.3 is 0 Å². The van der Waals surface area contributed by atoms with Gasteiger partial charge in [-0.2, -0.15) is 0 Å². The second kappa shape index (κ2) is 5.83. The van der Waals surface area contributed by atoms with Crippen molar-refractivity contribution in [2.75, 3.05) is 0 Å². The molecule has 0 atom stereocenters. The van der Waals surface area contributed by atoms with Gasteiger partial charge in [0.15, 0.2) is 0 Å². The van der Waals surface area contributed by atoms with Crippen molar-refractivity contribution in [2.45, 2.75) is 18.9 Å². The number of rotatable bonds is 5. The zero-order chi connectivity index (χ0) is 7.11. The molecule has 0 heterocycles. The van der Waals surface area contributed by atoms with Gasteiger partial charge in [-0.05, 0) is 18.8 Å². The summed E-state index contributed by atoms with van der Waals surface area (Å²) in [6.45, 7) is 7.35. The van der Waals surface area contributed by atoms with Crippen LogP contribution in [0.3, 0.4) is 0 Å². The zero-order valence-corrected chi connectivity index (χ0v) is 6.77. The minimum atomic E-state index is 0.691. The molecular weight excluding hydrogens is 124 g/mol. The largest absolute Gasteiger partial charge is 0.103 e. The van der Waals surface area contributed by atoms with Crippen LogP contribution in [0.2, 0.25) is 6.04 Å². The highest BCUT2D eigenvalue weighted by Gasteiger charge is 1.98. The van der Waals surface area contributed by atoms with Crippen molar-refractivity contribution in [1.82, 2.24) is 0 Å². The Morgan fingerprint density at radius 3 is 1.89 bits per heavy atom. The van der Waals surface area contributed by atoms with Gasteiger partial charge >= 0.3 is 0 Å². The lowest BCUT2D eigenvalue weighted by Gasteiger charge is -2.07. The Labute approximate surface area is 61.1 Å². The molecule has 0 saturated heterocycles. The quantitative estimate of drug-likeness (QED) is 0.403.